The van der Waals surface area contributed by atoms with Gasteiger partial charge in [-0.3, -0.25) is 0 Å². The first-order chi connectivity index (χ1) is 18.6. The van der Waals surface area contributed by atoms with Gasteiger partial charge in [0.25, 0.3) is 0 Å². The molecule has 3 saturated heterocycles. The van der Waals surface area contributed by atoms with E-state index in [0.717, 1.165) is 84.9 Å². The van der Waals surface area contributed by atoms with Crippen molar-refractivity contribution in [3.8, 4) is 11.5 Å². The van der Waals surface area contributed by atoms with Gasteiger partial charge in [-0.2, -0.15) is 0 Å². The average molecular weight is 510 g/mol. The van der Waals surface area contributed by atoms with Crippen LogP contribution in [0.1, 0.15) is 41.0 Å². The number of hydrogen-bond acceptors (Lipinski definition) is 5. The van der Waals surface area contributed by atoms with Crippen LogP contribution in [0.15, 0.2) is 89.5 Å². The van der Waals surface area contributed by atoms with Crippen molar-refractivity contribution in [1.82, 2.24) is 5.16 Å². The molecule has 1 aromatic heterocycles. The normalized spacial score (nSPS) is 24.1. The first-order valence-corrected chi connectivity index (χ1v) is 13.7. The zero-order valence-electron chi connectivity index (χ0n) is 21.5. The molecule has 6 nitrogen and oxygen atoms in total. The van der Waals surface area contributed by atoms with E-state index in [1.54, 1.807) is 0 Å². The predicted octanol–water partition coefficient (Wildman–Crippen LogP) is 5.08. The highest BCUT2D eigenvalue weighted by atomic mass is 16.5. The molecule has 0 amide bonds. The minimum atomic E-state index is -1.39. The summed E-state index contributed by atoms with van der Waals surface area (Å²) in [6.07, 6.45) is 3.44. The third kappa shape index (κ3) is 4.08. The Kier molecular flexibility index (Phi) is 5.75. The summed E-state index contributed by atoms with van der Waals surface area (Å²) in [6, 6.07) is 27.6. The van der Waals surface area contributed by atoms with Crippen molar-refractivity contribution in [1.29, 1.82) is 0 Å². The van der Waals surface area contributed by atoms with Crippen LogP contribution >= 0.6 is 0 Å². The van der Waals surface area contributed by atoms with E-state index in [9.17, 15) is 5.11 Å². The van der Waals surface area contributed by atoms with Gasteiger partial charge in [0, 0.05) is 36.8 Å². The fraction of sp³-hybridized carbons (Fsp3) is 0.344. The van der Waals surface area contributed by atoms with Crippen LogP contribution in [-0.4, -0.2) is 47.1 Å². The first-order valence-electron chi connectivity index (χ1n) is 13.7. The van der Waals surface area contributed by atoms with Crippen LogP contribution < -0.4 is 9.47 Å². The number of fused-ring (bicyclic) bond motifs is 4. The molecule has 0 unspecified atom stereocenters. The SMILES string of the molecule is OC(c1ccccc1)(c1ccccc1)c1cc(C[N+]23CCC(CC2)[C@@H](Oc2ccc4c(c2)CCO4)C3)on1. The molecule has 194 valence electrons. The molecule has 4 aliphatic heterocycles. The van der Waals surface area contributed by atoms with Gasteiger partial charge in [-0.15, -0.1) is 0 Å². The molecule has 4 aliphatic rings. The molecular weight excluding hydrogens is 476 g/mol. The van der Waals surface area contributed by atoms with E-state index in [1.165, 1.54) is 5.56 Å². The number of hydrogen-bond donors (Lipinski definition) is 1. The fourth-order valence-electron chi connectivity index (χ4n) is 6.70. The smallest absolute Gasteiger partial charge is 0.191 e. The van der Waals surface area contributed by atoms with E-state index in [1.807, 2.05) is 78.9 Å². The Morgan fingerprint density at radius 1 is 0.921 bits per heavy atom. The number of nitrogens with zero attached hydrogens (tertiary/aromatic N) is 2. The molecule has 0 radical (unpaired) electrons. The number of aliphatic hydroxyl groups is 1. The zero-order chi connectivity index (χ0) is 25.6. The van der Waals surface area contributed by atoms with Crippen LogP contribution in [0.25, 0.3) is 0 Å². The molecule has 8 rings (SSSR count). The van der Waals surface area contributed by atoms with Gasteiger partial charge in [-0.25, -0.2) is 0 Å². The second-order valence-corrected chi connectivity index (χ2v) is 11.1. The van der Waals surface area contributed by atoms with Crippen LogP contribution in [0.2, 0.25) is 0 Å². The lowest BCUT2D eigenvalue weighted by Crippen LogP contribution is -2.64. The Bertz CT molecular complexity index is 1370. The van der Waals surface area contributed by atoms with Crippen molar-refractivity contribution in [3.63, 3.8) is 0 Å². The first kappa shape index (κ1) is 23.5. The highest BCUT2D eigenvalue weighted by Gasteiger charge is 2.48. The molecule has 38 heavy (non-hydrogen) atoms. The van der Waals surface area contributed by atoms with Crippen molar-refractivity contribution < 1.29 is 23.6 Å². The standard InChI is InChI=1S/C32H33N2O4/c35-32(25-7-3-1-4-8-25,26-9-5-2-6-10-26)31-20-28(38-33-31)21-34-16-13-23(14-17-34)30(22-34)37-27-11-12-29-24(19-27)15-18-36-29/h1-12,19-20,23,30,35H,13-18,21-22H2/q+1/t23?,30-,34?/m0/s1. The Balaban J connectivity index is 1.13. The number of quaternary nitrogens is 1. The van der Waals surface area contributed by atoms with E-state index in [2.05, 4.69) is 11.2 Å². The maximum Gasteiger partial charge on any atom is 0.191 e. The Labute approximate surface area is 223 Å². The summed E-state index contributed by atoms with van der Waals surface area (Å²) in [5.41, 5.74) is 1.91. The van der Waals surface area contributed by atoms with E-state index in [0.29, 0.717) is 11.6 Å². The van der Waals surface area contributed by atoms with Gasteiger partial charge in [0.1, 0.15) is 30.3 Å². The zero-order valence-corrected chi connectivity index (χ0v) is 21.5. The van der Waals surface area contributed by atoms with E-state index < -0.39 is 5.60 Å². The lowest BCUT2D eigenvalue weighted by Gasteiger charge is -2.51. The van der Waals surface area contributed by atoms with Crippen molar-refractivity contribution in [3.05, 3.63) is 113 Å². The Hall–Kier alpha value is -3.61. The molecule has 3 aromatic carbocycles. The molecule has 6 heteroatoms. The summed E-state index contributed by atoms with van der Waals surface area (Å²) < 4.78 is 19.1. The third-order valence-electron chi connectivity index (χ3n) is 8.79. The third-order valence-corrected chi connectivity index (χ3v) is 8.79. The highest BCUT2D eigenvalue weighted by molar-refractivity contribution is 5.44. The predicted molar refractivity (Wildman–Crippen MR) is 143 cm³/mol. The van der Waals surface area contributed by atoms with Gasteiger partial charge in [-0.05, 0) is 29.3 Å². The van der Waals surface area contributed by atoms with E-state index in [-0.39, 0.29) is 6.10 Å². The maximum atomic E-state index is 12.1. The van der Waals surface area contributed by atoms with Gasteiger partial charge in [0.15, 0.2) is 17.5 Å². The van der Waals surface area contributed by atoms with Crippen molar-refractivity contribution in [2.24, 2.45) is 5.92 Å². The minimum Gasteiger partial charge on any atom is -0.493 e. The van der Waals surface area contributed by atoms with Crippen LogP contribution in [0.5, 0.6) is 11.5 Å². The summed E-state index contributed by atoms with van der Waals surface area (Å²) in [4.78, 5) is 0. The number of benzene rings is 3. The van der Waals surface area contributed by atoms with Crippen LogP contribution in [0.3, 0.4) is 0 Å². The molecule has 5 heterocycles. The summed E-state index contributed by atoms with van der Waals surface area (Å²) in [5.74, 6) is 3.33. The molecule has 0 aliphatic carbocycles. The molecule has 1 atom stereocenters. The van der Waals surface area contributed by atoms with Gasteiger partial charge in [0.2, 0.25) is 0 Å². The topological polar surface area (TPSA) is 64.7 Å². The van der Waals surface area contributed by atoms with Crippen molar-refractivity contribution in [2.45, 2.75) is 37.5 Å². The van der Waals surface area contributed by atoms with Gasteiger partial charge >= 0.3 is 0 Å². The molecular formula is C32H33N2O4+. The highest BCUT2D eigenvalue weighted by Crippen LogP contribution is 2.40. The molecule has 2 bridgehead atoms. The number of ether oxygens (including phenoxy) is 2. The van der Waals surface area contributed by atoms with E-state index in [4.69, 9.17) is 14.0 Å². The van der Waals surface area contributed by atoms with Crippen LogP contribution in [0, 0.1) is 5.92 Å². The second kappa shape index (κ2) is 9.29. The Morgan fingerprint density at radius 2 is 1.63 bits per heavy atom. The largest absolute Gasteiger partial charge is 0.493 e. The summed E-state index contributed by atoms with van der Waals surface area (Å²) in [5, 5.41) is 16.5. The number of piperidine rings is 3. The molecule has 1 N–H and O–H groups in total. The van der Waals surface area contributed by atoms with Gasteiger partial charge in [0.05, 0.1) is 19.7 Å². The lowest BCUT2D eigenvalue weighted by atomic mass is 9.82. The average Bonchev–Trinajstić information content (AvgIpc) is 3.64. The minimum absolute atomic E-state index is 0.186. The monoisotopic (exact) mass is 509 g/mol. The van der Waals surface area contributed by atoms with Crippen LogP contribution in [0.4, 0.5) is 0 Å². The fourth-order valence-corrected chi connectivity index (χ4v) is 6.70. The van der Waals surface area contributed by atoms with Gasteiger partial charge < -0.3 is 23.6 Å². The molecule has 0 saturated carbocycles. The summed E-state index contributed by atoms with van der Waals surface area (Å²) in [7, 11) is 0. The van der Waals surface area contributed by atoms with E-state index >= 15 is 0 Å². The number of aromatic nitrogens is 1. The number of rotatable bonds is 7. The maximum absolute atomic E-state index is 12.1. The molecule has 3 fully saturated rings. The van der Waals surface area contributed by atoms with Crippen molar-refractivity contribution in [2.75, 3.05) is 26.2 Å². The summed E-state index contributed by atoms with van der Waals surface area (Å²) >= 11 is 0. The lowest BCUT2D eigenvalue weighted by molar-refractivity contribution is -0.959. The molecule has 0 spiro atoms. The quantitative estimate of drug-likeness (QED) is 0.352. The summed E-state index contributed by atoms with van der Waals surface area (Å²) in [6.45, 7) is 4.68. The Morgan fingerprint density at radius 3 is 2.34 bits per heavy atom. The second-order valence-electron chi connectivity index (χ2n) is 11.1. The van der Waals surface area contributed by atoms with Crippen molar-refractivity contribution >= 4 is 0 Å². The van der Waals surface area contributed by atoms with Gasteiger partial charge in [-0.1, -0.05) is 65.8 Å². The van der Waals surface area contributed by atoms with Crippen LogP contribution in [-0.2, 0) is 18.6 Å². The molecule has 4 aromatic rings.